The molecule has 0 saturated carbocycles. The lowest BCUT2D eigenvalue weighted by molar-refractivity contribution is 0.321. The monoisotopic (exact) mass is 219 g/mol. The van der Waals surface area contributed by atoms with Crippen LogP contribution in [-0.4, -0.2) is 13.2 Å². The highest BCUT2D eigenvalue weighted by molar-refractivity contribution is 5.44. The van der Waals surface area contributed by atoms with E-state index in [4.69, 9.17) is 4.74 Å². The molecule has 1 aliphatic heterocycles. The van der Waals surface area contributed by atoms with E-state index in [1.807, 2.05) is 0 Å². The molecule has 0 saturated heterocycles. The van der Waals surface area contributed by atoms with Crippen LogP contribution in [0, 0.1) is 0 Å². The molecule has 0 aliphatic carbocycles. The van der Waals surface area contributed by atoms with E-state index in [0.717, 1.165) is 31.7 Å². The summed E-state index contributed by atoms with van der Waals surface area (Å²) >= 11 is 0. The molecule has 1 heterocycles. The molecule has 0 bridgehead atoms. The van der Waals surface area contributed by atoms with Crippen molar-refractivity contribution in [3.05, 3.63) is 29.3 Å². The molecule has 88 valence electrons. The van der Waals surface area contributed by atoms with Gasteiger partial charge in [0.15, 0.2) is 0 Å². The summed E-state index contributed by atoms with van der Waals surface area (Å²) in [5.41, 5.74) is 2.70. The fourth-order valence-corrected chi connectivity index (χ4v) is 2.38. The lowest BCUT2D eigenvalue weighted by atomic mass is 9.98. The van der Waals surface area contributed by atoms with Crippen molar-refractivity contribution >= 4 is 0 Å². The normalized spacial score (nSPS) is 19.8. The van der Waals surface area contributed by atoms with E-state index in [9.17, 15) is 0 Å². The Balaban J connectivity index is 2.38. The van der Waals surface area contributed by atoms with Crippen molar-refractivity contribution in [2.75, 3.05) is 13.2 Å². The van der Waals surface area contributed by atoms with Crippen molar-refractivity contribution in [2.24, 2.45) is 0 Å². The fourth-order valence-electron chi connectivity index (χ4n) is 2.38. The minimum atomic E-state index is 0.453. The van der Waals surface area contributed by atoms with Crippen molar-refractivity contribution in [3.8, 4) is 5.75 Å². The summed E-state index contributed by atoms with van der Waals surface area (Å²) in [6, 6.07) is 7.00. The molecule has 1 aromatic carbocycles. The minimum Gasteiger partial charge on any atom is -0.492 e. The second kappa shape index (κ2) is 5.35. The van der Waals surface area contributed by atoms with Crippen LogP contribution in [0.3, 0.4) is 0 Å². The number of hydrogen-bond acceptors (Lipinski definition) is 2. The molecule has 0 amide bonds. The second-order valence-corrected chi connectivity index (χ2v) is 4.35. The van der Waals surface area contributed by atoms with Crippen molar-refractivity contribution in [3.63, 3.8) is 0 Å². The molecule has 0 fully saturated rings. The van der Waals surface area contributed by atoms with Gasteiger partial charge < -0.3 is 10.1 Å². The Morgan fingerprint density at radius 2 is 2.25 bits per heavy atom. The van der Waals surface area contributed by atoms with Crippen molar-refractivity contribution < 1.29 is 4.74 Å². The lowest BCUT2D eigenvalue weighted by Gasteiger charge is -2.17. The smallest absolute Gasteiger partial charge is 0.127 e. The molecule has 1 aliphatic rings. The van der Waals surface area contributed by atoms with Crippen LogP contribution in [0.1, 0.15) is 43.9 Å². The Morgan fingerprint density at radius 3 is 3.00 bits per heavy atom. The summed E-state index contributed by atoms with van der Waals surface area (Å²) in [6.45, 7) is 6.16. The van der Waals surface area contributed by atoms with Gasteiger partial charge in [0.25, 0.3) is 0 Å². The quantitative estimate of drug-likeness (QED) is 0.843. The van der Waals surface area contributed by atoms with Gasteiger partial charge in [-0.05, 0) is 18.4 Å². The molecule has 2 heteroatoms. The number of nitrogens with one attached hydrogen (secondary N) is 1. The fraction of sp³-hybridized carbons (Fsp3) is 0.571. The third kappa shape index (κ3) is 2.22. The second-order valence-electron chi connectivity index (χ2n) is 4.35. The van der Waals surface area contributed by atoms with E-state index >= 15 is 0 Å². The molecule has 1 atom stereocenters. The van der Waals surface area contributed by atoms with Crippen molar-refractivity contribution in [1.82, 2.24) is 5.32 Å². The third-order valence-corrected chi connectivity index (χ3v) is 3.17. The molecular formula is C14H21NO. The molecule has 0 spiro atoms. The Morgan fingerprint density at radius 1 is 1.38 bits per heavy atom. The highest BCUT2D eigenvalue weighted by Gasteiger charge is 2.19. The molecule has 0 aromatic heterocycles. The SMILES string of the molecule is CCCc1cccc2c1OCCNC2CC. The zero-order valence-corrected chi connectivity index (χ0v) is 10.3. The Bertz CT molecular complexity index is 349. The van der Waals surface area contributed by atoms with Crippen LogP contribution in [0.2, 0.25) is 0 Å². The first-order chi connectivity index (χ1) is 7.86. The van der Waals surface area contributed by atoms with E-state index in [1.54, 1.807) is 0 Å². The number of rotatable bonds is 3. The summed E-state index contributed by atoms with van der Waals surface area (Å²) in [4.78, 5) is 0. The predicted molar refractivity (Wildman–Crippen MR) is 67.0 cm³/mol. The average Bonchev–Trinajstić information content (AvgIpc) is 2.52. The van der Waals surface area contributed by atoms with Gasteiger partial charge in [0.05, 0.1) is 0 Å². The van der Waals surface area contributed by atoms with Crippen LogP contribution in [0.4, 0.5) is 0 Å². The average molecular weight is 219 g/mol. The molecule has 1 aromatic rings. The molecule has 2 nitrogen and oxygen atoms in total. The summed E-state index contributed by atoms with van der Waals surface area (Å²) in [6.07, 6.45) is 3.40. The number of aryl methyl sites for hydroxylation is 1. The summed E-state index contributed by atoms with van der Waals surface area (Å²) in [7, 11) is 0. The number of ether oxygens (including phenoxy) is 1. The van der Waals surface area contributed by atoms with Gasteiger partial charge >= 0.3 is 0 Å². The largest absolute Gasteiger partial charge is 0.492 e. The van der Waals surface area contributed by atoms with Gasteiger partial charge in [-0.15, -0.1) is 0 Å². The molecular weight excluding hydrogens is 198 g/mol. The number of para-hydroxylation sites is 1. The van der Waals surface area contributed by atoms with Crippen LogP contribution < -0.4 is 10.1 Å². The topological polar surface area (TPSA) is 21.3 Å². The van der Waals surface area contributed by atoms with Crippen LogP contribution in [0.15, 0.2) is 18.2 Å². The van der Waals surface area contributed by atoms with E-state index < -0.39 is 0 Å². The molecule has 0 radical (unpaired) electrons. The van der Waals surface area contributed by atoms with Crippen molar-refractivity contribution in [1.29, 1.82) is 0 Å². The van der Waals surface area contributed by atoms with Gasteiger partial charge in [-0.3, -0.25) is 0 Å². The van der Waals surface area contributed by atoms with Crippen LogP contribution in [0.5, 0.6) is 5.75 Å². The number of benzene rings is 1. The Kier molecular flexibility index (Phi) is 3.83. The highest BCUT2D eigenvalue weighted by Crippen LogP contribution is 2.32. The first kappa shape index (κ1) is 11.5. The molecule has 2 rings (SSSR count). The third-order valence-electron chi connectivity index (χ3n) is 3.17. The zero-order valence-electron chi connectivity index (χ0n) is 10.3. The van der Waals surface area contributed by atoms with Gasteiger partial charge in [0.1, 0.15) is 12.4 Å². The molecule has 1 unspecified atom stereocenters. The first-order valence-corrected chi connectivity index (χ1v) is 6.34. The maximum absolute atomic E-state index is 5.90. The van der Waals surface area contributed by atoms with Crippen LogP contribution in [-0.2, 0) is 6.42 Å². The standard InChI is InChI=1S/C14H21NO/c1-3-6-11-7-5-8-12-13(4-2)15-9-10-16-14(11)12/h5,7-8,13,15H,3-4,6,9-10H2,1-2H3. The van der Waals surface area contributed by atoms with Crippen LogP contribution in [0.25, 0.3) is 0 Å². The maximum Gasteiger partial charge on any atom is 0.127 e. The van der Waals surface area contributed by atoms with Crippen LogP contribution >= 0.6 is 0 Å². The van der Waals surface area contributed by atoms with E-state index in [0.29, 0.717) is 6.04 Å². The minimum absolute atomic E-state index is 0.453. The lowest BCUT2D eigenvalue weighted by Crippen LogP contribution is -2.22. The van der Waals surface area contributed by atoms with Crippen molar-refractivity contribution in [2.45, 2.75) is 39.2 Å². The van der Waals surface area contributed by atoms with E-state index in [-0.39, 0.29) is 0 Å². The molecule has 16 heavy (non-hydrogen) atoms. The number of fused-ring (bicyclic) bond motifs is 1. The van der Waals surface area contributed by atoms with Gasteiger partial charge in [0.2, 0.25) is 0 Å². The summed E-state index contributed by atoms with van der Waals surface area (Å²) in [5.74, 6) is 1.14. The molecule has 1 N–H and O–H groups in total. The van der Waals surface area contributed by atoms with E-state index in [1.165, 1.54) is 17.5 Å². The van der Waals surface area contributed by atoms with Gasteiger partial charge in [-0.2, -0.15) is 0 Å². The Hall–Kier alpha value is -1.02. The predicted octanol–water partition coefficient (Wildman–Crippen LogP) is 3.07. The maximum atomic E-state index is 5.90. The van der Waals surface area contributed by atoms with Gasteiger partial charge in [-0.25, -0.2) is 0 Å². The number of hydrogen-bond donors (Lipinski definition) is 1. The first-order valence-electron chi connectivity index (χ1n) is 6.34. The zero-order chi connectivity index (χ0) is 11.4. The Labute approximate surface area is 98.0 Å². The van der Waals surface area contributed by atoms with Gasteiger partial charge in [0, 0.05) is 18.2 Å². The van der Waals surface area contributed by atoms with Gasteiger partial charge in [-0.1, -0.05) is 38.5 Å². The summed E-state index contributed by atoms with van der Waals surface area (Å²) in [5, 5.41) is 3.53. The summed E-state index contributed by atoms with van der Waals surface area (Å²) < 4.78 is 5.90. The highest BCUT2D eigenvalue weighted by atomic mass is 16.5. The van der Waals surface area contributed by atoms with E-state index in [2.05, 4.69) is 37.4 Å².